The molecule has 1 aromatic heterocycles. The van der Waals surface area contributed by atoms with E-state index < -0.39 is 6.10 Å². The Balaban J connectivity index is 1.43. The number of ether oxygens (including phenoxy) is 1. The molecule has 1 N–H and O–H groups in total. The summed E-state index contributed by atoms with van der Waals surface area (Å²) in [6.07, 6.45) is 1.10. The second kappa shape index (κ2) is 8.83. The molecular formula is C25H22FN3O2. The topological polar surface area (TPSA) is 56.2 Å². The molecular weight excluding hydrogens is 393 g/mol. The fourth-order valence-electron chi connectivity index (χ4n) is 3.17. The van der Waals surface area contributed by atoms with Crippen LogP contribution < -0.4 is 10.1 Å². The van der Waals surface area contributed by atoms with E-state index in [4.69, 9.17) is 4.74 Å². The molecule has 0 fully saturated rings. The number of nitrogens with zero attached hydrogens (tertiary/aromatic N) is 2. The second-order valence-electron chi connectivity index (χ2n) is 7.25. The molecule has 4 aromatic rings. The van der Waals surface area contributed by atoms with E-state index in [9.17, 15) is 9.18 Å². The zero-order valence-electron chi connectivity index (χ0n) is 17.2. The number of carbonyl (C=O) groups is 1. The van der Waals surface area contributed by atoms with Crippen molar-refractivity contribution >= 4 is 11.7 Å². The predicted octanol–water partition coefficient (Wildman–Crippen LogP) is 6.22. The highest BCUT2D eigenvalue weighted by atomic mass is 19.1. The molecule has 0 aliphatic rings. The Morgan fingerprint density at radius 1 is 1.03 bits per heavy atom. The fourth-order valence-corrected chi connectivity index (χ4v) is 3.17. The third kappa shape index (κ3) is 4.80. The number of halogens is 1. The first-order chi connectivity index (χ1) is 15.0. The van der Waals surface area contributed by atoms with E-state index in [1.54, 1.807) is 31.3 Å². The molecule has 0 spiro atoms. The van der Waals surface area contributed by atoms with Crippen LogP contribution in [-0.2, 0) is 0 Å². The molecule has 4 rings (SSSR count). The minimum atomic E-state index is -0.463. The Morgan fingerprint density at radius 3 is 2.48 bits per heavy atom. The van der Waals surface area contributed by atoms with Crippen molar-refractivity contribution in [1.82, 2.24) is 9.78 Å². The first kappa shape index (κ1) is 20.3. The lowest BCUT2D eigenvalue weighted by molar-refractivity contribution is 0.219. The predicted molar refractivity (Wildman–Crippen MR) is 119 cm³/mol. The smallest absolute Gasteiger partial charge is 0.346 e. The lowest BCUT2D eigenvalue weighted by atomic mass is 10.1. The standard InChI is InChI=1S/C25H22FN3O2/c1-17-8-10-20(11-9-17)27-25(30)29-15-14-24(28-29)18(2)31-21-12-13-22(23(26)16-21)19-6-4-3-5-7-19/h3-16,18H,1-2H3,(H,27,30)/t18-/m0/s1. The van der Waals surface area contributed by atoms with Crippen LogP contribution in [0.5, 0.6) is 5.75 Å². The van der Waals surface area contributed by atoms with Gasteiger partial charge in [-0.2, -0.15) is 9.78 Å². The third-order valence-corrected chi connectivity index (χ3v) is 4.88. The minimum Gasteiger partial charge on any atom is -0.484 e. The van der Waals surface area contributed by atoms with Crippen molar-refractivity contribution in [3.8, 4) is 16.9 Å². The van der Waals surface area contributed by atoms with Gasteiger partial charge in [-0.25, -0.2) is 9.18 Å². The van der Waals surface area contributed by atoms with Crippen molar-refractivity contribution in [2.75, 3.05) is 5.32 Å². The van der Waals surface area contributed by atoms with E-state index in [2.05, 4.69) is 10.4 Å². The molecule has 0 unspecified atom stereocenters. The molecule has 3 aromatic carbocycles. The van der Waals surface area contributed by atoms with Crippen LogP contribution >= 0.6 is 0 Å². The van der Waals surface area contributed by atoms with E-state index in [0.29, 0.717) is 22.7 Å². The van der Waals surface area contributed by atoms with Crippen LogP contribution in [0.4, 0.5) is 14.9 Å². The van der Waals surface area contributed by atoms with Crippen molar-refractivity contribution in [2.24, 2.45) is 0 Å². The maximum Gasteiger partial charge on any atom is 0.346 e. The number of hydrogen-bond donors (Lipinski definition) is 1. The number of aryl methyl sites for hydroxylation is 1. The summed E-state index contributed by atoms with van der Waals surface area (Å²) in [6, 6.07) is 22.9. The highest BCUT2D eigenvalue weighted by molar-refractivity contribution is 5.90. The van der Waals surface area contributed by atoms with Gasteiger partial charge in [0.05, 0.1) is 0 Å². The normalized spacial score (nSPS) is 11.7. The Hall–Kier alpha value is -3.93. The van der Waals surface area contributed by atoms with Gasteiger partial charge in [0.1, 0.15) is 23.4 Å². The van der Waals surface area contributed by atoms with Gasteiger partial charge in [0.15, 0.2) is 0 Å². The summed E-state index contributed by atoms with van der Waals surface area (Å²) in [5.74, 6) is 0.0299. The summed E-state index contributed by atoms with van der Waals surface area (Å²) in [6.45, 7) is 3.78. The number of carbonyl (C=O) groups excluding carboxylic acids is 1. The molecule has 0 aliphatic heterocycles. The van der Waals surface area contributed by atoms with Crippen LogP contribution in [0, 0.1) is 12.7 Å². The molecule has 6 heteroatoms. The van der Waals surface area contributed by atoms with Gasteiger partial charge in [-0.05, 0) is 49.7 Å². The fraction of sp³-hybridized carbons (Fsp3) is 0.120. The molecule has 0 bridgehead atoms. The molecule has 31 heavy (non-hydrogen) atoms. The Kier molecular flexibility index (Phi) is 5.80. The summed E-state index contributed by atoms with van der Waals surface area (Å²) in [5, 5.41) is 7.08. The second-order valence-corrected chi connectivity index (χ2v) is 7.25. The number of benzene rings is 3. The lowest BCUT2D eigenvalue weighted by Gasteiger charge is -2.14. The number of nitrogens with one attached hydrogen (secondary N) is 1. The van der Waals surface area contributed by atoms with Gasteiger partial charge in [0.2, 0.25) is 0 Å². The van der Waals surface area contributed by atoms with Gasteiger partial charge in [-0.1, -0.05) is 48.0 Å². The molecule has 0 saturated carbocycles. The Labute approximate surface area is 180 Å². The number of aromatic nitrogens is 2. The molecule has 0 aliphatic carbocycles. The van der Waals surface area contributed by atoms with E-state index in [1.807, 2.05) is 61.5 Å². The van der Waals surface area contributed by atoms with Crippen molar-refractivity contribution < 1.29 is 13.9 Å². The Morgan fingerprint density at radius 2 is 1.77 bits per heavy atom. The average molecular weight is 415 g/mol. The average Bonchev–Trinajstić information content (AvgIpc) is 3.27. The Bertz CT molecular complexity index is 1190. The number of rotatable bonds is 5. The first-order valence-corrected chi connectivity index (χ1v) is 9.95. The lowest BCUT2D eigenvalue weighted by Crippen LogP contribution is -2.20. The number of hydrogen-bond acceptors (Lipinski definition) is 3. The molecule has 1 atom stereocenters. The van der Waals surface area contributed by atoms with Gasteiger partial charge >= 0.3 is 6.03 Å². The third-order valence-electron chi connectivity index (χ3n) is 4.88. The summed E-state index contributed by atoms with van der Waals surface area (Å²) in [7, 11) is 0. The molecule has 5 nitrogen and oxygen atoms in total. The van der Waals surface area contributed by atoms with Crippen molar-refractivity contribution in [3.05, 3.63) is 102 Å². The maximum absolute atomic E-state index is 14.6. The van der Waals surface area contributed by atoms with Crippen molar-refractivity contribution in [3.63, 3.8) is 0 Å². The SMILES string of the molecule is Cc1ccc(NC(=O)n2ccc([C@H](C)Oc3ccc(-c4ccccc4)c(F)c3)n2)cc1. The van der Waals surface area contributed by atoms with Gasteiger partial charge in [-0.3, -0.25) is 0 Å². The zero-order chi connectivity index (χ0) is 21.8. The van der Waals surface area contributed by atoms with Gasteiger partial charge in [-0.15, -0.1) is 0 Å². The van der Waals surface area contributed by atoms with Gasteiger partial charge < -0.3 is 10.1 Å². The van der Waals surface area contributed by atoms with Crippen LogP contribution in [0.1, 0.15) is 24.3 Å². The summed E-state index contributed by atoms with van der Waals surface area (Å²) < 4.78 is 21.6. The van der Waals surface area contributed by atoms with Crippen LogP contribution in [0.2, 0.25) is 0 Å². The minimum absolute atomic E-state index is 0.362. The molecule has 0 radical (unpaired) electrons. The molecule has 0 saturated heterocycles. The van der Waals surface area contributed by atoms with Gasteiger partial charge in [0, 0.05) is 23.5 Å². The zero-order valence-corrected chi connectivity index (χ0v) is 17.2. The molecule has 1 heterocycles. The van der Waals surface area contributed by atoms with E-state index in [0.717, 1.165) is 11.1 Å². The summed E-state index contributed by atoms with van der Waals surface area (Å²) in [4.78, 5) is 12.4. The first-order valence-electron chi connectivity index (χ1n) is 9.95. The van der Waals surface area contributed by atoms with Gasteiger partial charge in [0.25, 0.3) is 0 Å². The summed E-state index contributed by atoms with van der Waals surface area (Å²) >= 11 is 0. The maximum atomic E-state index is 14.6. The quantitative estimate of drug-likeness (QED) is 0.421. The van der Waals surface area contributed by atoms with Crippen LogP contribution in [0.15, 0.2) is 85.1 Å². The number of anilines is 1. The van der Waals surface area contributed by atoms with Crippen LogP contribution in [-0.4, -0.2) is 15.8 Å². The van der Waals surface area contributed by atoms with Crippen molar-refractivity contribution in [1.29, 1.82) is 0 Å². The van der Waals surface area contributed by atoms with Crippen LogP contribution in [0.3, 0.4) is 0 Å². The molecule has 1 amide bonds. The highest BCUT2D eigenvalue weighted by Gasteiger charge is 2.15. The molecule has 156 valence electrons. The largest absolute Gasteiger partial charge is 0.484 e. The van der Waals surface area contributed by atoms with Crippen LogP contribution in [0.25, 0.3) is 11.1 Å². The number of amides is 1. The van der Waals surface area contributed by atoms with Crippen molar-refractivity contribution in [2.45, 2.75) is 20.0 Å². The monoisotopic (exact) mass is 415 g/mol. The summed E-state index contributed by atoms with van der Waals surface area (Å²) in [5.41, 5.74) is 3.67. The highest BCUT2D eigenvalue weighted by Crippen LogP contribution is 2.28. The van der Waals surface area contributed by atoms with E-state index >= 15 is 0 Å². The van der Waals surface area contributed by atoms with E-state index in [-0.39, 0.29) is 11.8 Å². The van der Waals surface area contributed by atoms with E-state index in [1.165, 1.54) is 10.7 Å².